The van der Waals surface area contributed by atoms with E-state index in [-0.39, 0.29) is 11.3 Å². The van der Waals surface area contributed by atoms with Crippen molar-refractivity contribution in [1.29, 1.82) is 0 Å². The first kappa shape index (κ1) is 17.9. The van der Waals surface area contributed by atoms with Crippen LogP contribution in [0, 0.1) is 11.6 Å². The van der Waals surface area contributed by atoms with Gasteiger partial charge in [0, 0.05) is 36.0 Å². The highest BCUT2D eigenvalue weighted by Gasteiger charge is 2.22. The molecular formula is C21H18F2N4O. The van der Waals surface area contributed by atoms with Gasteiger partial charge >= 0.3 is 0 Å². The summed E-state index contributed by atoms with van der Waals surface area (Å²) in [6, 6.07) is 12.4. The molecular weight excluding hydrogens is 362 g/mol. The highest BCUT2D eigenvalue weighted by molar-refractivity contribution is 5.79. The molecule has 0 aliphatic heterocycles. The molecule has 2 aromatic heterocycles. The van der Waals surface area contributed by atoms with Crippen LogP contribution in [0.5, 0.6) is 5.75 Å². The van der Waals surface area contributed by atoms with Crippen molar-refractivity contribution < 1.29 is 13.5 Å². The maximum absolute atomic E-state index is 14.9. The Morgan fingerprint density at radius 1 is 1.07 bits per heavy atom. The number of nitrogens with zero attached hydrogens (tertiary/aromatic N) is 3. The fourth-order valence-corrected chi connectivity index (χ4v) is 3.18. The number of H-pyrrole nitrogens is 1. The molecule has 0 radical (unpaired) electrons. The van der Waals surface area contributed by atoms with Crippen LogP contribution in [-0.4, -0.2) is 26.6 Å². The number of hydrogen-bond donors (Lipinski definition) is 1. The third kappa shape index (κ3) is 3.26. The van der Waals surface area contributed by atoms with E-state index >= 15 is 0 Å². The summed E-state index contributed by atoms with van der Waals surface area (Å²) >= 11 is 0. The molecule has 0 spiro atoms. The van der Waals surface area contributed by atoms with Gasteiger partial charge in [0.25, 0.3) is 0 Å². The quantitative estimate of drug-likeness (QED) is 0.537. The largest absolute Gasteiger partial charge is 0.494 e. The Labute approximate surface area is 160 Å². The van der Waals surface area contributed by atoms with E-state index in [1.54, 1.807) is 18.9 Å². The molecule has 4 aromatic rings. The summed E-state index contributed by atoms with van der Waals surface area (Å²) in [6.07, 6.45) is 5.65. The van der Waals surface area contributed by atoms with Gasteiger partial charge in [0.15, 0.2) is 11.6 Å². The third-order valence-corrected chi connectivity index (χ3v) is 4.58. The molecule has 0 bridgehead atoms. The lowest BCUT2D eigenvalue weighted by Crippen LogP contribution is -2.05. The maximum atomic E-state index is 14.9. The molecule has 5 nitrogen and oxygen atoms in total. The molecule has 142 valence electrons. The number of benzene rings is 2. The summed E-state index contributed by atoms with van der Waals surface area (Å²) in [7, 11) is 1.31. The van der Waals surface area contributed by atoms with E-state index in [9.17, 15) is 8.78 Å². The molecule has 0 atom stereocenters. The van der Waals surface area contributed by atoms with Crippen LogP contribution in [0.2, 0.25) is 0 Å². The number of aromatic amines is 1. The minimum Gasteiger partial charge on any atom is -0.494 e. The van der Waals surface area contributed by atoms with Gasteiger partial charge in [-0.3, -0.25) is 0 Å². The lowest BCUT2D eigenvalue weighted by Gasteiger charge is -2.13. The molecule has 2 heterocycles. The van der Waals surface area contributed by atoms with E-state index in [4.69, 9.17) is 4.74 Å². The predicted octanol–water partition coefficient (Wildman–Crippen LogP) is 4.47. The fourth-order valence-electron chi connectivity index (χ4n) is 3.18. The topological polar surface area (TPSA) is 55.7 Å². The molecule has 7 heteroatoms. The van der Waals surface area contributed by atoms with Gasteiger partial charge in [-0.2, -0.15) is 4.39 Å². The number of methoxy groups -OCH3 is 1. The summed E-state index contributed by atoms with van der Waals surface area (Å²) in [4.78, 5) is 11.5. The minimum atomic E-state index is -1.01. The second kappa shape index (κ2) is 7.64. The van der Waals surface area contributed by atoms with Crippen LogP contribution in [0.3, 0.4) is 0 Å². The molecule has 1 N–H and O–H groups in total. The number of nitrogens with one attached hydrogen (secondary N) is 1. The van der Waals surface area contributed by atoms with Crippen molar-refractivity contribution in [1.82, 2.24) is 19.5 Å². The normalized spacial score (nSPS) is 11.0. The van der Waals surface area contributed by atoms with E-state index < -0.39 is 11.6 Å². The Bertz CT molecular complexity index is 1080. The first-order valence-electron chi connectivity index (χ1n) is 8.79. The number of ether oxygens (including phenoxy) is 1. The summed E-state index contributed by atoms with van der Waals surface area (Å²) in [5.74, 6) is -2.11. The van der Waals surface area contributed by atoms with Gasteiger partial charge < -0.3 is 14.3 Å². The second-order valence-corrected chi connectivity index (χ2v) is 6.27. The third-order valence-electron chi connectivity index (χ3n) is 4.58. The van der Waals surface area contributed by atoms with Crippen molar-refractivity contribution in [2.45, 2.75) is 13.0 Å². The fraction of sp³-hybridized carbons (Fsp3) is 0.143. The van der Waals surface area contributed by atoms with E-state index in [1.165, 1.54) is 19.2 Å². The van der Waals surface area contributed by atoms with Crippen molar-refractivity contribution in [3.05, 3.63) is 78.6 Å². The molecule has 0 saturated carbocycles. The van der Waals surface area contributed by atoms with E-state index in [0.717, 1.165) is 11.3 Å². The van der Waals surface area contributed by atoms with E-state index in [1.807, 2.05) is 34.9 Å². The molecule has 28 heavy (non-hydrogen) atoms. The van der Waals surface area contributed by atoms with Crippen LogP contribution in [0.25, 0.3) is 22.5 Å². The van der Waals surface area contributed by atoms with Gasteiger partial charge in [0.2, 0.25) is 5.82 Å². The standard InChI is InChI=1S/C21H18F2N4O/c1-28-17-8-7-16(18(22)19(17)23)21-20(14-5-3-2-4-6-14)26-13-27(21)10-9-15-11-24-12-25-15/h2-8,11-13H,9-10H2,1H3,(H,24,25). The summed E-state index contributed by atoms with van der Waals surface area (Å²) in [5.41, 5.74) is 3.02. The first-order chi connectivity index (χ1) is 13.7. The number of rotatable bonds is 6. The zero-order chi connectivity index (χ0) is 19.5. The van der Waals surface area contributed by atoms with Crippen molar-refractivity contribution in [3.8, 4) is 28.3 Å². The number of aryl methyl sites for hydroxylation is 2. The van der Waals surface area contributed by atoms with Crippen LogP contribution < -0.4 is 4.74 Å². The number of hydrogen-bond acceptors (Lipinski definition) is 3. The Morgan fingerprint density at radius 2 is 1.89 bits per heavy atom. The molecule has 0 saturated heterocycles. The van der Waals surface area contributed by atoms with Crippen molar-refractivity contribution in [3.63, 3.8) is 0 Å². The van der Waals surface area contributed by atoms with Gasteiger partial charge in [-0.15, -0.1) is 0 Å². The summed E-state index contributed by atoms with van der Waals surface area (Å²) in [5, 5.41) is 0. The van der Waals surface area contributed by atoms with Gasteiger partial charge in [0.1, 0.15) is 0 Å². The molecule has 0 aliphatic carbocycles. The Balaban J connectivity index is 1.83. The molecule has 0 amide bonds. The monoisotopic (exact) mass is 380 g/mol. The number of imidazole rings is 2. The maximum Gasteiger partial charge on any atom is 0.201 e. The van der Waals surface area contributed by atoms with Crippen LogP contribution >= 0.6 is 0 Å². The van der Waals surface area contributed by atoms with Crippen molar-refractivity contribution in [2.24, 2.45) is 0 Å². The van der Waals surface area contributed by atoms with Gasteiger partial charge in [-0.05, 0) is 12.1 Å². The summed E-state index contributed by atoms with van der Waals surface area (Å²) in [6.45, 7) is 0.532. The van der Waals surface area contributed by atoms with Gasteiger partial charge in [-0.25, -0.2) is 14.4 Å². The minimum absolute atomic E-state index is 0.133. The zero-order valence-corrected chi connectivity index (χ0v) is 15.2. The second-order valence-electron chi connectivity index (χ2n) is 6.27. The predicted molar refractivity (Wildman–Crippen MR) is 102 cm³/mol. The highest BCUT2D eigenvalue weighted by atomic mass is 19.2. The van der Waals surface area contributed by atoms with Crippen molar-refractivity contribution >= 4 is 0 Å². The van der Waals surface area contributed by atoms with Crippen LogP contribution in [0.15, 0.2) is 61.3 Å². The van der Waals surface area contributed by atoms with Gasteiger partial charge in [-0.1, -0.05) is 30.3 Å². The number of aromatic nitrogens is 4. The lowest BCUT2D eigenvalue weighted by molar-refractivity contribution is 0.372. The average molecular weight is 380 g/mol. The Morgan fingerprint density at radius 3 is 2.61 bits per heavy atom. The van der Waals surface area contributed by atoms with Crippen LogP contribution in [-0.2, 0) is 13.0 Å². The Hall–Kier alpha value is -3.48. The van der Waals surface area contributed by atoms with E-state index in [2.05, 4.69) is 15.0 Å². The summed E-state index contributed by atoms with van der Waals surface area (Å²) < 4.78 is 36.0. The Kier molecular flexibility index (Phi) is 4.89. The van der Waals surface area contributed by atoms with Crippen molar-refractivity contribution in [2.75, 3.05) is 7.11 Å². The SMILES string of the molecule is COc1ccc(-c2c(-c3ccccc3)ncn2CCc2cnc[nH]2)c(F)c1F. The lowest BCUT2D eigenvalue weighted by atomic mass is 10.0. The molecule has 2 aromatic carbocycles. The number of halogens is 2. The molecule has 0 aliphatic rings. The zero-order valence-electron chi connectivity index (χ0n) is 15.2. The van der Waals surface area contributed by atoms with Crippen LogP contribution in [0.4, 0.5) is 8.78 Å². The van der Waals surface area contributed by atoms with E-state index in [0.29, 0.717) is 24.4 Å². The smallest absolute Gasteiger partial charge is 0.201 e. The molecule has 0 fully saturated rings. The molecule has 0 unspecified atom stereocenters. The highest BCUT2D eigenvalue weighted by Crippen LogP contribution is 2.35. The first-order valence-corrected chi connectivity index (χ1v) is 8.79. The molecule has 4 rings (SSSR count). The van der Waals surface area contributed by atoms with Gasteiger partial charge in [0.05, 0.1) is 31.2 Å². The average Bonchev–Trinajstić information content (AvgIpc) is 3.39. The van der Waals surface area contributed by atoms with Crippen LogP contribution in [0.1, 0.15) is 5.69 Å².